The van der Waals surface area contributed by atoms with Crippen molar-refractivity contribution in [3.63, 3.8) is 0 Å². The molecule has 0 radical (unpaired) electrons. The van der Waals surface area contributed by atoms with Crippen molar-refractivity contribution in [2.75, 3.05) is 4.72 Å². The van der Waals surface area contributed by atoms with Crippen molar-refractivity contribution in [1.82, 2.24) is 0 Å². The lowest BCUT2D eigenvalue weighted by Gasteiger charge is -2.09. The maximum Gasteiger partial charge on any atom is 0.261 e. The number of rotatable bonds is 5. The predicted octanol–water partition coefficient (Wildman–Crippen LogP) is 2.61. The first kappa shape index (κ1) is 17.7. The van der Waals surface area contributed by atoms with Gasteiger partial charge in [-0.1, -0.05) is 17.7 Å². The largest absolute Gasteiger partial charge is 0.280 e. The number of nitrogens with zero attached hydrogens (tertiary/aromatic N) is 1. The quantitative estimate of drug-likeness (QED) is 0.823. The zero-order valence-corrected chi connectivity index (χ0v) is 14.3. The summed E-state index contributed by atoms with van der Waals surface area (Å²) >= 11 is 0. The maximum absolute atomic E-state index is 12.3. The number of sulfone groups is 1. The molecule has 0 bridgehead atoms. The first-order valence-electron chi connectivity index (χ1n) is 6.75. The maximum atomic E-state index is 12.3. The Morgan fingerprint density at radius 2 is 1.46 bits per heavy atom. The summed E-state index contributed by atoms with van der Waals surface area (Å²) in [6.07, 6.45) is 0.864. The third kappa shape index (κ3) is 4.22. The highest BCUT2D eigenvalue weighted by atomic mass is 32.2. The Hall–Kier alpha value is -2.63. The molecule has 2 aromatic rings. The fourth-order valence-corrected chi connectivity index (χ4v) is 3.81. The molecular formula is C16H14N2O4S2. The molecule has 2 rings (SSSR count). The van der Waals surface area contributed by atoms with Crippen LogP contribution in [0.4, 0.5) is 5.69 Å². The minimum atomic E-state index is -3.75. The van der Waals surface area contributed by atoms with E-state index in [0.29, 0.717) is 0 Å². The van der Waals surface area contributed by atoms with Crippen molar-refractivity contribution >= 4 is 25.5 Å². The lowest BCUT2D eigenvalue weighted by atomic mass is 10.2. The number of allylic oxidation sites excluding steroid dienone is 1. The van der Waals surface area contributed by atoms with Crippen molar-refractivity contribution in [3.05, 3.63) is 65.6 Å². The van der Waals surface area contributed by atoms with Crippen LogP contribution in [0.25, 0.3) is 0 Å². The van der Waals surface area contributed by atoms with E-state index in [1.165, 1.54) is 36.4 Å². The van der Waals surface area contributed by atoms with Crippen molar-refractivity contribution in [2.24, 2.45) is 0 Å². The number of hydrogen-bond acceptors (Lipinski definition) is 5. The standard InChI is InChI=1S/C16H14N2O4S2/c1-13-3-7-16(8-4-13)24(21,22)18-14-5-9-15(10-6-14)23(19,20)12-2-11-17/h2-10,12,18H,1H3. The molecule has 124 valence electrons. The summed E-state index contributed by atoms with van der Waals surface area (Å²) in [7, 11) is -7.47. The molecule has 24 heavy (non-hydrogen) atoms. The summed E-state index contributed by atoms with van der Waals surface area (Å²) in [6.45, 7) is 1.85. The van der Waals surface area contributed by atoms with Gasteiger partial charge < -0.3 is 0 Å². The van der Waals surface area contributed by atoms with Crippen LogP contribution in [0, 0.1) is 18.3 Å². The highest BCUT2D eigenvalue weighted by Crippen LogP contribution is 2.19. The Morgan fingerprint density at radius 3 is 2.00 bits per heavy atom. The summed E-state index contributed by atoms with van der Waals surface area (Å²) in [5.74, 6) is 0. The van der Waals surface area contributed by atoms with Gasteiger partial charge in [0.1, 0.15) is 0 Å². The van der Waals surface area contributed by atoms with Crippen LogP contribution in [-0.2, 0) is 19.9 Å². The summed E-state index contributed by atoms with van der Waals surface area (Å²) < 4.78 is 50.6. The first-order chi connectivity index (χ1) is 11.2. The van der Waals surface area contributed by atoms with E-state index in [9.17, 15) is 16.8 Å². The third-order valence-electron chi connectivity index (χ3n) is 3.09. The SMILES string of the molecule is Cc1ccc(S(=O)(=O)Nc2ccc(S(=O)(=O)C=CC#N)cc2)cc1. The van der Waals surface area contributed by atoms with Crippen LogP contribution in [0.5, 0.6) is 0 Å². The first-order valence-corrected chi connectivity index (χ1v) is 9.78. The van der Waals surface area contributed by atoms with Crippen LogP contribution in [0.15, 0.2) is 69.8 Å². The van der Waals surface area contributed by atoms with Crippen LogP contribution < -0.4 is 4.72 Å². The van der Waals surface area contributed by atoms with Gasteiger partial charge in [-0.05, 0) is 43.3 Å². The van der Waals surface area contributed by atoms with E-state index in [1.807, 2.05) is 6.92 Å². The molecule has 0 amide bonds. The summed E-state index contributed by atoms with van der Waals surface area (Å²) in [5.41, 5.74) is 1.17. The fourth-order valence-electron chi connectivity index (χ4n) is 1.84. The van der Waals surface area contributed by atoms with Crippen LogP contribution in [0.1, 0.15) is 5.56 Å². The Balaban J connectivity index is 2.25. The summed E-state index contributed by atoms with van der Waals surface area (Å²) in [4.78, 5) is 0.0778. The van der Waals surface area contributed by atoms with Gasteiger partial charge in [0.05, 0.1) is 15.9 Å². The number of anilines is 1. The molecule has 1 N–H and O–H groups in total. The molecule has 0 aromatic heterocycles. The average Bonchev–Trinajstić information content (AvgIpc) is 2.53. The van der Waals surface area contributed by atoms with E-state index < -0.39 is 19.9 Å². The lowest BCUT2D eigenvalue weighted by Crippen LogP contribution is -2.13. The molecule has 0 heterocycles. The van der Waals surface area contributed by atoms with Gasteiger partial charge in [0.15, 0.2) is 0 Å². The lowest BCUT2D eigenvalue weighted by molar-refractivity contribution is 0.601. The normalized spacial score (nSPS) is 12.0. The van der Waals surface area contributed by atoms with Gasteiger partial charge in [-0.25, -0.2) is 16.8 Å². The van der Waals surface area contributed by atoms with Crippen LogP contribution in [0.2, 0.25) is 0 Å². The molecule has 8 heteroatoms. The summed E-state index contributed by atoms with van der Waals surface area (Å²) in [5, 5.41) is 9.19. The van der Waals surface area contributed by atoms with E-state index in [2.05, 4.69) is 4.72 Å². The Labute approximate surface area is 141 Å². The van der Waals surface area contributed by atoms with Crippen molar-refractivity contribution in [3.8, 4) is 6.07 Å². The zero-order chi connectivity index (χ0) is 17.8. The topological polar surface area (TPSA) is 104 Å². The third-order valence-corrected chi connectivity index (χ3v) is 5.91. The molecule has 0 aliphatic rings. The monoisotopic (exact) mass is 362 g/mol. The van der Waals surface area contributed by atoms with Crippen molar-refractivity contribution < 1.29 is 16.8 Å². The van der Waals surface area contributed by atoms with Crippen LogP contribution >= 0.6 is 0 Å². The van der Waals surface area contributed by atoms with Gasteiger partial charge >= 0.3 is 0 Å². The Kier molecular flexibility index (Phi) is 5.07. The number of benzene rings is 2. The number of aryl methyl sites for hydroxylation is 1. The highest BCUT2D eigenvalue weighted by Gasteiger charge is 2.15. The molecule has 0 unspecified atom stereocenters. The van der Waals surface area contributed by atoms with Crippen LogP contribution in [-0.4, -0.2) is 16.8 Å². The van der Waals surface area contributed by atoms with Gasteiger partial charge in [-0.15, -0.1) is 0 Å². The van der Waals surface area contributed by atoms with Crippen molar-refractivity contribution in [1.29, 1.82) is 5.26 Å². The number of nitrogens with one attached hydrogen (secondary N) is 1. The zero-order valence-electron chi connectivity index (χ0n) is 12.7. The number of hydrogen-bond donors (Lipinski definition) is 1. The number of sulfonamides is 1. The van der Waals surface area contributed by atoms with Gasteiger partial charge in [0, 0.05) is 17.2 Å². The van der Waals surface area contributed by atoms with Gasteiger partial charge in [0.25, 0.3) is 10.0 Å². The fraction of sp³-hybridized carbons (Fsp3) is 0.0625. The minimum Gasteiger partial charge on any atom is -0.280 e. The molecule has 0 spiro atoms. The van der Waals surface area contributed by atoms with Crippen molar-refractivity contribution in [2.45, 2.75) is 16.7 Å². The Morgan fingerprint density at radius 1 is 0.917 bits per heavy atom. The molecule has 2 aromatic carbocycles. The van der Waals surface area contributed by atoms with E-state index >= 15 is 0 Å². The number of nitriles is 1. The minimum absolute atomic E-state index is 0.0349. The molecule has 0 fully saturated rings. The predicted molar refractivity (Wildman–Crippen MR) is 90.4 cm³/mol. The van der Waals surface area contributed by atoms with E-state index in [0.717, 1.165) is 17.0 Å². The second-order valence-electron chi connectivity index (χ2n) is 4.92. The van der Waals surface area contributed by atoms with E-state index in [-0.39, 0.29) is 15.5 Å². The van der Waals surface area contributed by atoms with Gasteiger partial charge in [-0.3, -0.25) is 4.72 Å². The van der Waals surface area contributed by atoms with E-state index in [1.54, 1.807) is 18.2 Å². The second kappa shape index (κ2) is 6.86. The van der Waals surface area contributed by atoms with Gasteiger partial charge in [0.2, 0.25) is 9.84 Å². The summed E-state index contributed by atoms with van der Waals surface area (Å²) in [6, 6.07) is 13.2. The van der Waals surface area contributed by atoms with Gasteiger partial charge in [-0.2, -0.15) is 5.26 Å². The molecule has 6 nitrogen and oxygen atoms in total. The van der Waals surface area contributed by atoms with E-state index in [4.69, 9.17) is 5.26 Å². The average molecular weight is 362 g/mol. The second-order valence-corrected chi connectivity index (χ2v) is 8.44. The molecule has 0 aliphatic carbocycles. The molecule has 0 aliphatic heterocycles. The molecule has 0 atom stereocenters. The smallest absolute Gasteiger partial charge is 0.261 e. The highest BCUT2D eigenvalue weighted by molar-refractivity contribution is 7.94. The molecule has 0 saturated heterocycles. The Bertz CT molecular complexity index is 999. The molecular weight excluding hydrogens is 348 g/mol. The van der Waals surface area contributed by atoms with Crippen LogP contribution in [0.3, 0.4) is 0 Å². The molecule has 0 saturated carbocycles.